The van der Waals surface area contributed by atoms with Crippen molar-refractivity contribution in [2.75, 3.05) is 0 Å². The van der Waals surface area contributed by atoms with Gasteiger partial charge < -0.3 is 5.32 Å². The molecule has 0 bridgehead atoms. The van der Waals surface area contributed by atoms with Gasteiger partial charge in [0.1, 0.15) is 5.82 Å². The quantitative estimate of drug-likeness (QED) is 0.723. The second-order valence-corrected chi connectivity index (χ2v) is 2.73. The molecule has 0 aliphatic heterocycles. The number of halogens is 4. The Morgan fingerprint density at radius 1 is 1.27 bits per heavy atom. The maximum Gasteiger partial charge on any atom is 0.416 e. The lowest BCUT2D eigenvalue weighted by Crippen LogP contribution is -2.17. The first-order chi connectivity index (χ1) is 6.84. The Hall–Kier alpha value is -1.59. The minimum Gasteiger partial charge on any atom is -0.350 e. The van der Waals surface area contributed by atoms with Gasteiger partial charge >= 0.3 is 6.18 Å². The van der Waals surface area contributed by atoms with Crippen LogP contribution in [0.1, 0.15) is 15.9 Å². The first-order valence-electron chi connectivity index (χ1n) is 3.80. The molecule has 0 saturated carbocycles. The zero-order valence-electron chi connectivity index (χ0n) is 7.36. The lowest BCUT2D eigenvalue weighted by Gasteiger charge is -2.08. The summed E-state index contributed by atoms with van der Waals surface area (Å²) in [6, 6.07) is 1.58. The van der Waals surface area contributed by atoms with Crippen LogP contribution >= 0.6 is 0 Å². The molecule has 0 unspecified atom stereocenters. The molecule has 6 heteroatoms. The van der Waals surface area contributed by atoms with Crippen molar-refractivity contribution in [2.24, 2.45) is 0 Å². The summed E-state index contributed by atoms with van der Waals surface area (Å²) in [6.07, 6.45) is -4.68. The summed E-state index contributed by atoms with van der Waals surface area (Å²) in [5, 5.41) is 1.86. The van der Waals surface area contributed by atoms with Gasteiger partial charge in [-0.25, -0.2) is 4.39 Å². The van der Waals surface area contributed by atoms with Crippen LogP contribution in [0.2, 0.25) is 0 Å². The van der Waals surface area contributed by atoms with E-state index >= 15 is 0 Å². The fraction of sp³-hybridized carbons (Fsp3) is 0.111. The van der Waals surface area contributed by atoms with Crippen LogP contribution in [0.4, 0.5) is 17.6 Å². The number of hydrogen-bond acceptors (Lipinski definition) is 1. The molecule has 0 atom stereocenters. The highest BCUT2D eigenvalue weighted by Gasteiger charge is 2.31. The fourth-order valence-corrected chi connectivity index (χ4v) is 0.986. The average Bonchev–Trinajstić information content (AvgIpc) is 2.14. The molecule has 0 spiro atoms. The van der Waals surface area contributed by atoms with Crippen molar-refractivity contribution in [2.45, 2.75) is 6.18 Å². The summed E-state index contributed by atoms with van der Waals surface area (Å²) in [6.45, 7) is 0. The van der Waals surface area contributed by atoms with Crippen molar-refractivity contribution in [3.8, 4) is 0 Å². The third-order valence-corrected chi connectivity index (χ3v) is 1.65. The first kappa shape index (κ1) is 11.5. The van der Waals surface area contributed by atoms with Crippen molar-refractivity contribution in [1.82, 2.24) is 5.32 Å². The Morgan fingerprint density at radius 2 is 1.87 bits per heavy atom. The van der Waals surface area contributed by atoms with Crippen molar-refractivity contribution >= 4 is 5.91 Å². The van der Waals surface area contributed by atoms with Crippen LogP contribution in [0.25, 0.3) is 0 Å². The van der Waals surface area contributed by atoms with Gasteiger partial charge in [0.25, 0.3) is 5.91 Å². The minimum atomic E-state index is -4.68. The Morgan fingerprint density at radius 3 is 2.33 bits per heavy atom. The van der Waals surface area contributed by atoms with Gasteiger partial charge in [0.05, 0.1) is 5.56 Å². The van der Waals surface area contributed by atoms with Gasteiger partial charge in [-0.2, -0.15) is 13.2 Å². The normalized spacial score (nSPS) is 11.3. The molecule has 0 saturated heterocycles. The van der Waals surface area contributed by atoms with Crippen molar-refractivity contribution in [1.29, 1.82) is 0 Å². The second-order valence-electron chi connectivity index (χ2n) is 2.73. The lowest BCUT2D eigenvalue weighted by atomic mass is 10.1. The predicted octanol–water partition coefficient (Wildman–Crippen LogP) is 2.37. The van der Waals surface area contributed by atoms with E-state index in [1.165, 1.54) is 0 Å². The van der Waals surface area contributed by atoms with Gasteiger partial charge in [0.2, 0.25) is 0 Å². The highest BCUT2D eigenvalue weighted by Crippen LogP contribution is 2.30. The van der Waals surface area contributed by atoms with Crippen LogP contribution in [0.3, 0.4) is 0 Å². The second kappa shape index (κ2) is 3.88. The Labute approximate surface area is 82.9 Å². The number of benzene rings is 1. The highest BCUT2D eigenvalue weighted by molar-refractivity contribution is 5.94. The first-order valence-corrected chi connectivity index (χ1v) is 3.80. The van der Waals surface area contributed by atoms with E-state index in [-0.39, 0.29) is 0 Å². The molecule has 1 radical (unpaired) electrons. The topological polar surface area (TPSA) is 29.1 Å². The molecule has 0 heterocycles. The van der Waals surface area contributed by atoms with Gasteiger partial charge in [-0.15, -0.1) is 0 Å². The third-order valence-electron chi connectivity index (χ3n) is 1.65. The van der Waals surface area contributed by atoms with Crippen LogP contribution < -0.4 is 5.32 Å². The molecule has 1 aromatic rings. The van der Waals surface area contributed by atoms with E-state index in [2.05, 4.69) is 7.05 Å². The summed E-state index contributed by atoms with van der Waals surface area (Å²) < 4.78 is 49.4. The molecule has 0 fully saturated rings. The standard InChI is InChI=1S/C9H6F4NO/c1-14-8(15)5-2-6(9(11,12)13)4-7(10)3-5/h2-4H,1H2,(H,14,15). The zero-order chi connectivity index (χ0) is 11.6. The van der Waals surface area contributed by atoms with E-state index in [9.17, 15) is 22.4 Å². The Bertz CT molecular complexity index is 386. The van der Waals surface area contributed by atoms with Crippen LogP contribution in [0.5, 0.6) is 0 Å². The molecule has 1 rings (SSSR count). The monoisotopic (exact) mass is 220 g/mol. The van der Waals surface area contributed by atoms with Crippen molar-refractivity contribution in [3.63, 3.8) is 0 Å². The molecule has 1 aromatic carbocycles. The molecule has 1 N–H and O–H groups in total. The number of rotatable bonds is 1. The summed E-state index contributed by atoms with van der Waals surface area (Å²) in [7, 11) is 2.98. The highest BCUT2D eigenvalue weighted by atomic mass is 19.4. The van der Waals surface area contributed by atoms with Gasteiger partial charge in [0.15, 0.2) is 0 Å². The number of nitrogens with one attached hydrogen (secondary N) is 1. The van der Waals surface area contributed by atoms with E-state index < -0.39 is 29.0 Å². The summed E-state index contributed by atoms with van der Waals surface area (Å²) in [5.74, 6) is -2.00. The molecule has 81 valence electrons. The number of hydrogen-bond donors (Lipinski definition) is 1. The smallest absolute Gasteiger partial charge is 0.350 e. The SMILES string of the molecule is [CH2]NC(=O)c1cc(F)cc(C(F)(F)F)c1. The van der Waals surface area contributed by atoms with Gasteiger partial charge in [-0.1, -0.05) is 0 Å². The average molecular weight is 220 g/mol. The number of alkyl halides is 3. The van der Waals surface area contributed by atoms with Crippen LogP contribution in [-0.2, 0) is 6.18 Å². The Kier molecular flexibility index (Phi) is 2.97. The maximum atomic E-state index is 12.8. The molecule has 0 aliphatic rings. The van der Waals surface area contributed by atoms with Crippen LogP contribution in [0.15, 0.2) is 18.2 Å². The largest absolute Gasteiger partial charge is 0.416 e. The van der Waals surface area contributed by atoms with Crippen LogP contribution in [-0.4, -0.2) is 5.91 Å². The molecule has 15 heavy (non-hydrogen) atoms. The molecular weight excluding hydrogens is 214 g/mol. The van der Waals surface area contributed by atoms with Gasteiger partial charge in [0, 0.05) is 12.6 Å². The van der Waals surface area contributed by atoms with E-state index in [0.29, 0.717) is 18.2 Å². The Balaban J connectivity index is 3.23. The maximum absolute atomic E-state index is 12.8. The fourth-order valence-electron chi connectivity index (χ4n) is 0.986. The lowest BCUT2D eigenvalue weighted by molar-refractivity contribution is -0.137. The summed E-state index contributed by atoms with van der Waals surface area (Å²) >= 11 is 0. The van der Waals surface area contributed by atoms with E-state index in [0.717, 1.165) is 0 Å². The van der Waals surface area contributed by atoms with Crippen molar-refractivity contribution < 1.29 is 22.4 Å². The number of carbonyl (C=O) groups excluding carboxylic acids is 1. The third kappa shape index (κ3) is 2.68. The number of amides is 1. The number of carbonyl (C=O) groups is 1. The van der Waals surface area contributed by atoms with Crippen molar-refractivity contribution in [3.05, 3.63) is 42.2 Å². The predicted molar refractivity (Wildman–Crippen MR) is 44.2 cm³/mol. The molecule has 0 aliphatic carbocycles. The van der Waals surface area contributed by atoms with E-state index in [1.54, 1.807) is 0 Å². The van der Waals surface area contributed by atoms with E-state index in [4.69, 9.17) is 0 Å². The van der Waals surface area contributed by atoms with Crippen LogP contribution in [0, 0.1) is 12.9 Å². The van der Waals surface area contributed by atoms with Gasteiger partial charge in [-0.3, -0.25) is 4.79 Å². The van der Waals surface area contributed by atoms with E-state index in [1.807, 2.05) is 5.32 Å². The molecule has 1 amide bonds. The molecular formula is C9H6F4NO. The summed E-state index contributed by atoms with van der Waals surface area (Å²) in [5.41, 5.74) is -1.63. The summed E-state index contributed by atoms with van der Waals surface area (Å²) in [4.78, 5) is 10.9. The van der Waals surface area contributed by atoms with Gasteiger partial charge in [-0.05, 0) is 18.2 Å². The minimum absolute atomic E-state index is 0.319. The molecule has 0 aromatic heterocycles. The zero-order valence-corrected chi connectivity index (χ0v) is 7.36. The molecule has 2 nitrogen and oxygen atoms in total.